The average Bonchev–Trinajstić information content (AvgIpc) is 3.06. The van der Waals surface area contributed by atoms with Crippen LogP contribution in [0, 0.1) is 5.41 Å². The van der Waals surface area contributed by atoms with Gasteiger partial charge in [-0.1, -0.05) is 35.0 Å². The highest BCUT2D eigenvalue weighted by Crippen LogP contribution is 2.52. The van der Waals surface area contributed by atoms with E-state index in [-0.39, 0.29) is 17.5 Å². The zero-order chi connectivity index (χ0) is 15.0. The molecule has 1 aromatic carbocycles. The predicted octanol–water partition coefficient (Wildman–Crippen LogP) is 3.74. The molecular weight excluding hydrogens is 318 g/mol. The molecule has 2 rings (SSSR count). The largest absolute Gasteiger partial charge is 0.461 e. The van der Waals surface area contributed by atoms with Crippen LogP contribution in [0.3, 0.4) is 0 Å². The van der Waals surface area contributed by atoms with Crippen LogP contribution in [-0.4, -0.2) is 12.1 Å². The molecule has 0 aliphatic heterocycles. The summed E-state index contributed by atoms with van der Waals surface area (Å²) in [5.41, 5.74) is 6.42. The molecule has 2 N–H and O–H groups in total. The molecule has 110 valence electrons. The summed E-state index contributed by atoms with van der Waals surface area (Å²) in [4.78, 5) is 12.5. The molecular formula is C16H22BrNO2. The van der Waals surface area contributed by atoms with E-state index >= 15 is 0 Å². The second-order valence-corrected chi connectivity index (χ2v) is 7.34. The van der Waals surface area contributed by atoms with Crippen LogP contribution in [0.5, 0.6) is 0 Å². The van der Waals surface area contributed by atoms with Crippen molar-refractivity contribution < 1.29 is 9.53 Å². The minimum atomic E-state index is -1.06. The van der Waals surface area contributed by atoms with E-state index in [0.29, 0.717) is 6.42 Å². The lowest BCUT2D eigenvalue weighted by Crippen LogP contribution is -2.48. The Hall–Kier alpha value is -0.870. The molecule has 0 bridgehead atoms. The number of carbonyl (C=O) groups excluding carboxylic acids is 1. The van der Waals surface area contributed by atoms with Crippen molar-refractivity contribution >= 4 is 21.9 Å². The quantitative estimate of drug-likeness (QED) is 0.831. The summed E-state index contributed by atoms with van der Waals surface area (Å²) in [7, 11) is 0. The highest BCUT2D eigenvalue weighted by molar-refractivity contribution is 9.10. The number of nitrogens with two attached hydrogens (primary N) is 1. The summed E-state index contributed by atoms with van der Waals surface area (Å²) in [6, 6.07) is 7.62. The molecule has 20 heavy (non-hydrogen) atoms. The summed E-state index contributed by atoms with van der Waals surface area (Å²) in [6.07, 6.45) is 2.72. The minimum absolute atomic E-state index is 0.159. The lowest BCUT2D eigenvalue weighted by atomic mass is 9.81. The van der Waals surface area contributed by atoms with Crippen LogP contribution in [0.2, 0.25) is 0 Å². The van der Waals surface area contributed by atoms with E-state index < -0.39 is 5.54 Å². The lowest BCUT2D eigenvalue weighted by molar-refractivity contribution is -0.155. The van der Waals surface area contributed by atoms with Crippen LogP contribution in [0.25, 0.3) is 0 Å². The van der Waals surface area contributed by atoms with Crippen LogP contribution in [0.4, 0.5) is 0 Å². The Balaban J connectivity index is 2.32. The van der Waals surface area contributed by atoms with E-state index in [2.05, 4.69) is 22.9 Å². The van der Waals surface area contributed by atoms with Gasteiger partial charge in [-0.05, 0) is 56.2 Å². The first-order valence-electron chi connectivity index (χ1n) is 7.01. The third kappa shape index (κ3) is 3.41. The molecule has 0 spiro atoms. The summed E-state index contributed by atoms with van der Waals surface area (Å²) >= 11 is 3.41. The van der Waals surface area contributed by atoms with Crippen LogP contribution in [0.1, 0.15) is 45.6 Å². The number of hydrogen-bond donors (Lipinski definition) is 1. The average molecular weight is 340 g/mol. The number of hydrogen-bond acceptors (Lipinski definition) is 3. The molecule has 4 heteroatoms. The van der Waals surface area contributed by atoms with Crippen molar-refractivity contribution in [1.82, 2.24) is 0 Å². The third-order valence-electron chi connectivity index (χ3n) is 3.88. The molecule has 0 radical (unpaired) electrons. The fraction of sp³-hybridized carbons (Fsp3) is 0.562. The lowest BCUT2D eigenvalue weighted by Gasteiger charge is -2.31. The summed E-state index contributed by atoms with van der Waals surface area (Å²) < 4.78 is 6.37. The first-order valence-corrected chi connectivity index (χ1v) is 7.80. The van der Waals surface area contributed by atoms with Crippen molar-refractivity contribution in [3.05, 3.63) is 34.3 Å². The Morgan fingerprint density at radius 1 is 1.40 bits per heavy atom. The second-order valence-electron chi connectivity index (χ2n) is 6.42. The summed E-state index contributed by atoms with van der Waals surface area (Å²) in [5.74, 6) is -0.331. The molecule has 3 nitrogen and oxygen atoms in total. The SMILES string of the molecule is CC(C)OC(=O)[C@@](N)(CC1(C)CC1)c1ccc(Br)cc1. The number of esters is 1. The van der Waals surface area contributed by atoms with Gasteiger partial charge in [-0.2, -0.15) is 0 Å². The molecule has 1 aliphatic carbocycles. The van der Waals surface area contributed by atoms with Gasteiger partial charge < -0.3 is 10.5 Å². The van der Waals surface area contributed by atoms with Gasteiger partial charge in [0.15, 0.2) is 0 Å². The van der Waals surface area contributed by atoms with Crippen molar-refractivity contribution in [2.24, 2.45) is 11.1 Å². The molecule has 0 unspecified atom stereocenters. The van der Waals surface area contributed by atoms with Gasteiger partial charge in [0.05, 0.1) is 6.10 Å². The van der Waals surface area contributed by atoms with E-state index in [1.807, 2.05) is 38.1 Å². The van der Waals surface area contributed by atoms with Crippen LogP contribution in [0.15, 0.2) is 28.7 Å². The number of ether oxygens (including phenoxy) is 1. The first-order chi connectivity index (χ1) is 9.25. The van der Waals surface area contributed by atoms with Gasteiger partial charge in [0.1, 0.15) is 5.54 Å². The maximum Gasteiger partial charge on any atom is 0.331 e. The van der Waals surface area contributed by atoms with E-state index in [4.69, 9.17) is 10.5 Å². The Kier molecular flexibility index (Phi) is 4.26. The van der Waals surface area contributed by atoms with E-state index in [1.165, 1.54) is 0 Å². The number of halogens is 1. The van der Waals surface area contributed by atoms with Gasteiger partial charge in [-0.3, -0.25) is 0 Å². The minimum Gasteiger partial charge on any atom is -0.461 e. The molecule has 1 saturated carbocycles. The number of benzene rings is 1. The van der Waals surface area contributed by atoms with Crippen molar-refractivity contribution in [2.75, 3.05) is 0 Å². The molecule has 1 aliphatic rings. The van der Waals surface area contributed by atoms with E-state index in [0.717, 1.165) is 22.9 Å². The highest BCUT2D eigenvalue weighted by Gasteiger charge is 2.49. The summed E-state index contributed by atoms with van der Waals surface area (Å²) in [6.45, 7) is 5.87. The maximum atomic E-state index is 12.5. The van der Waals surface area contributed by atoms with Crippen molar-refractivity contribution in [3.8, 4) is 0 Å². The van der Waals surface area contributed by atoms with Crippen LogP contribution in [-0.2, 0) is 15.1 Å². The van der Waals surface area contributed by atoms with Gasteiger partial charge in [0.25, 0.3) is 0 Å². The number of carbonyl (C=O) groups is 1. The van der Waals surface area contributed by atoms with Crippen molar-refractivity contribution in [2.45, 2.75) is 51.7 Å². The van der Waals surface area contributed by atoms with Gasteiger partial charge in [0.2, 0.25) is 0 Å². The highest BCUT2D eigenvalue weighted by atomic mass is 79.9. The van der Waals surface area contributed by atoms with Crippen LogP contribution >= 0.6 is 15.9 Å². The van der Waals surface area contributed by atoms with Gasteiger partial charge in [-0.15, -0.1) is 0 Å². The predicted molar refractivity (Wildman–Crippen MR) is 83.2 cm³/mol. The van der Waals surface area contributed by atoms with Crippen LogP contribution < -0.4 is 5.73 Å². The Bertz CT molecular complexity index is 494. The molecule has 1 atom stereocenters. The molecule has 0 saturated heterocycles. The molecule has 0 heterocycles. The van der Waals surface area contributed by atoms with Gasteiger partial charge in [0, 0.05) is 4.47 Å². The molecule has 0 aromatic heterocycles. The van der Waals surface area contributed by atoms with E-state index in [1.54, 1.807) is 0 Å². The normalized spacial score (nSPS) is 19.5. The Morgan fingerprint density at radius 3 is 2.40 bits per heavy atom. The Morgan fingerprint density at radius 2 is 1.95 bits per heavy atom. The van der Waals surface area contributed by atoms with Gasteiger partial charge >= 0.3 is 5.97 Å². The second kappa shape index (κ2) is 5.49. The van der Waals surface area contributed by atoms with E-state index in [9.17, 15) is 4.79 Å². The molecule has 1 fully saturated rings. The monoisotopic (exact) mass is 339 g/mol. The summed E-state index contributed by atoms with van der Waals surface area (Å²) in [5, 5.41) is 0. The zero-order valence-electron chi connectivity index (χ0n) is 12.3. The fourth-order valence-electron chi connectivity index (χ4n) is 2.42. The first kappa shape index (κ1) is 15.5. The fourth-order valence-corrected chi connectivity index (χ4v) is 2.69. The maximum absolute atomic E-state index is 12.5. The molecule has 1 aromatic rings. The third-order valence-corrected chi connectivity index (χ3v) is 4.40. The van der Waals surface area contributed by atoms with Gasteiger partial charge in [-0.25, -0.2) is 4.79 Å². The smallest absolute Gasteiger partial charge is 0.331 e. The molecule has 0 amide bonds. The van der Waals surface area contributed by atoms with Crippen molar-refractivity contribution in [1.29, 1.82) is 0 Å². The standard InChI is InChI=1S/C16H22BrNO2/c1-11(2)20-14(19)16(18,10-15(3)8-9-15)12-4-6-13(17)7-5-12/h4-7,11H,8-10,18H2,1-3H3/t16-/m1/s1. The zero-order valence-corrected chi connectivity index (χ0v) is 13.9. The Labute approximate surface area is 129 Å². The van der Waals surface area contributed by atoms with Crippen molar-refractivity contribution in [3.63, 3.8) is 0 Å². The number of rotatable bonds is 5. The topological polar surface area (TPSA) is 52.3 Å².